The highest BCUT2D eigenvalue weighted by Gasteiger charge is 2.52. The van der Waals surface area contributed by atoms with Crippen molar-refractivity contribution < 1.29 is 14.7 Å². The fraction of sp³-hybridized carbons (Fsp3) is 0.846. The summed E-state index contributed by atoms with van der Waals surface area (Å²) in [6.07, 6.45) is 5.58. The van der Waals surface area contributed by atoms with Crippen molar-refractivity contribution in [3.05, 3.63) is 0 Å². The Bertz CT molecular complexity index is 324. The second-order valence-electron chi connectivity index (χ2n) is 6.24. The number of carboxylic acid groups (broad SMARTS) is 1. The van der Waals surface area contributed by atoms with Gasteiger partial charge in [0.05, 0.1) is 0 Å². The molecule has 0 saturated heterocycles. The minimum absolute atomic E-state index is 0.171. The zero-order chi connectivity index (χ0) is 12.7. The van der Waals surface area contributed by atoms with Crippen LogP contribution in [0.5, 0.6) is 0 Å². The molecule has 4 heteroatoms. The van der Waals surface area contributed by atoms with Gasteiger partial charge in [0, 0.05) is 6.04 Å². The molecule has 0 bridgehead atoms. The van der Waals surface area contributed by atoms with Crippen molar-refractivity contribution in [1.29, 1.82) is 0 Å². The van der Waals surface area contributed by atoms with Crippen LogP contribution in [0, 0.1) is 5.41 Å². The third-order valence-corrected chi connectivity index (χ3v) is 4.38. The molecular formula is C13H21NO3. The van der Waals surface area contributed by atoms with E-state index < -0.39 is 11.5 Å². The van der Waals surface area contributed by atoms with E-state index >= 15 is 0 Å². The van der Waals surface area contributed by atoms with Crippen LogP contribution in [0.3, 0.4) is 0 Å². The molecule has 17 heavy (non-hydrogen) atoms. The summed E-state index contributed by atoms with van der Waals surface area (Å²) in [5, 5.41) is 9.54. The molecule has 0 atom stereocenters. The molecule has 2 fully saturated rings. The maximum atomic E-state index is 11.6. The van der Waals surface area contributed by atoms with Gasteiger partial charge in [-0.15, -0.1) is 0 Å². The number of hydrogen-bond donors (Lipinski definition) is 1. The average molecular weight is 239 g/mol. The predicted octanol–water partition coefficient (Wildman–Crippen LogP) is 2.03. The molecule has 2 saturated carbocycles. The normalized spacial score (nSPS) is 26.2. The Morgan fingerprint density at radius 3 is 2.12 bits per heavy atom. The number of amides is 1. The van der Waals surface area contributed by atoms with Crippen LogP contribution in [-0.2, 0) is 9.59 Å². The second-order valence-corrected chi connectivity index (χ2v) is 6.24. The Morgan fingerprint density at radius 1 is 1.24 bits per heavy atom. The fourth-order valence-corrected chi connectivity index (χ4v) is 2.81. The maximum Gasteiger partial charge on any atom is 0.329 e. The molecule has 2 aliphatic carbocycles. The highest BCUT2D eigenvalue weighted by Crippen LogP contribution is 2.45. The molecule has 0 radical (unpaired) electrons. The molecule has 0 aromatic rings. The number of rotatable bonds is 4. The Balaban J connectivity index is 2.21. The first-order valence-electron chi connectivity index (χ1n) is 6.38. The van der Waals surface area contributed by atoms with E-state index in [1.165, 1.54) is 0 Å². The van der Waals surface area contributed by atoms with E-state index in [9.17, 15) is 14.7 Å². The van der Waals surface area contributed by atoms with Crippen LogP contribution in [0.15, 0.2) is 0 Å². The van der Waals surface area contributed by atoms with Crippen molar-refractivity contribution >= 4 is 12.4 Å². The van der Waals surface area contributed by atoms with Crippen molar-refractivity contribution in [2.24, 2.45) is 5.41 Å². The summed E-state index contributed by atoms with van der Waals surface area (Å²) in [6, 6.07) is 0.171. The van der Waals surface area contributed by atoms with Gasteiger partial charge in [-0.1, -0.05) is 13.8 Å². The Morgan fingerprint density at radius 2 is 1.76 bits per heavy atom. The van der Waals surface area contributed by atoms with Crippen molar-refractivity contribution in [2.45, 2.75) is 64.0 Å². The van der Waals surface area contributed by atoms with Crippen LogP contribution in [0.4, 0.5) is 0 Å². The van der Waals surface area contributed by atoms with E-state index in [1.807, 2.05) is 0 Å². The van der Waals surface area contributed by atoms with Gasteiger partial charge in [-0.2, -0.15) is 0 Å². The quantitative estimate of drug-likeness (QED) is 0.764. The molecule has 96 valence electrons. The molecule has 0 spiro atoms. The molecule has 0 heterocycles. The van der Waals surface area contributed by atoms with E-state index in [0.717, 1.165) is 32.1 Å². The zero-order valence-electron chi connectivity index (χ0n) is 10.6. The molecule has 0 aromatic carbocycles. The van der Waals surface area contributed by atoms with Crippen molar-refractivity contribution in [1.82, 2.24) is 4.90 Å². The van der Waals surface area contributed by atoms with Crippen LogP contribution < -0.4 is 0 Å². The fourth-order valence-electron chi connectivity index (χ4n) is 2.81. The SMILES string of the molecule is CC1(C)CCC(C(=O)O)(N(C=O)C2CC2)CC1. The summed E-state index contributed by atoms with van der Waals surface area (Å²) >= 11 is 0. The lowest BCUT2D eigenvalue weighted by atomic mass is 9.68. The second kappa shape index (κ2) is 4.00. The first-order chi connectivity index (χ1) is 7.91. The highest BCUT2D eigenvalue weighted by atomic mass is 16.4. The lowest BCUT2D eigenvalue weighted by Crippen LogP contribution is -2.57. The summed E-state index contributed by atoms with van der Waals surface area (Å²) < 4.78 is 0. The van der Waals surface area contributed by atoms with Gasteiger partial charge in [-0.25, -0.2) is 4.79 Å². The van der Waals surface area contributed by atoms with E-state index in [-0.39, 0.29) is 11.5 Å². The number of carbonyl (C=O) groups is 2. The molecule has 1 N–H and O–H groups in total. The topological polar surface area (TPSA) is 57.6 Å². The molecule has 1 amide bonds. The van der Waals surface area contributed by atoms with E-state index in [0.29, 0.717) is 12.8 Å². The summed E-state index contributed by atoms with van der Waals surface area (Å²) in [4.78, 5) is 24.4. The van der Waals surface area contributed by atoms with Crippen LogP contribution >= 0.6 is 0 Å². The first-order valence-corrected chi connectivity index (χ1v) is 6.38. The maximum absolute atomic E-state index is 11.6. The smallest absolute Gasteiger partial charge is 0.329 e. The number of carboxylic acids is 1. The summed E-state index contributed by atoms with van der Waals surface area (Å²) in [5.41, 5.74) is -0.727. The van der Waals surface area contributed by atoms with Crippen LogP contribution in [0.25, 0.3) is 0 Å². The van der Waals surface area contributed by atoms with E-state index in [1.54, 1.807) is 4.90 Å². The average Bonchev–Trinajstić information content (AvgIpc) is 3.05. The van der Waals surface area contributed by atoms with Crippen molar-refractivity contribution in [3.8, 4) is 0 Å². The summed E-state index contributed by atoms with van der Waals surface area (Å²) in [6.45, 7) is 4.34. The van der Waals surface area contributed by atoms with Crippen molar-refractivity contribution in [3.63, 3.8) is 0 Å². The van der Waals surface area contributed by atoms with Crippen LogP contribution in [0.2, 0.25) is 0 Å². The molecular weight excluding hydrogens is 218 g/mol. The van der Waals surface area contributed by atoms with Gasteiger partial charge in [0.1, 0.15) is 5.54 Å². The lowest BCUT2D eigenvalue weighted by Gasteiger charge is -2.46. The Labute approximate surface area is 102 Å². The molecule has 0 aliphatic heterocycles. The van der Waals surface area contributed by atoms with Gasteiger partial charge in [-0.3, -0.25) is 4.79 Å². The third-order valence-electron chi connectivity index (χ3n) is 4.38. The number of nitrogens with zero attached hydrogens (tertiary/aromatic N) is 1. The molecule has 2 rings (SSSR count). The Kier molecular flexibility index (Phi) is 2.92. The highest BCUT2D eigenvalue weighted by molar-refractivity contribution is 5.82. The first kappa shape index (κ1) is 12.4. The van der Waals surface area contributed by atoms with Crippen LogP contribution in [-0.4, -0.2) is 34.0 Å². The summed E-state index contributed by atoms with van der Waals surface area (Å²) in [7, 11) is 0. The third kappa shape index (κ3) is 2.17. The van der Waals surface area contributed by atoms with Gasteiger partial charge in [0.2, 0.25) is 6.41 Å². The molecule has 4 nitrogen and oxygen atoms in total. The number of hydrogen-bond acceptors (Lipinski definition) is 2. The standard InChI is InChI=1S/C13H21NO3/c1-12(2)5-7-13(8-6-12,11(16)17)14(9-15)10-3-4-10/h9-10H,3-8H2,1-2H3,(H,16,17). The lowest BCUT2D eigenvalue weighted by molar-refractivity contribution is -0.160. The Hall–Kier alpha value is -1.06. The largest absolute Gasteiger partial charge is 0.479 e. The zero-order valence-corrected chi connectivity index (χ0v) is 10.6. The van der Waals surface area contributed by atoms with Gasteiger partial charge in [0.25, 0.3) is 0 Å². The minimum Gasteiger partial charge on any atom is -0.479 e. The van der Waals surface area contributed by atoms with Crippen LogP contribution in [0.1, 0.15) is 52.4 Å². The van der Waals surface area contributed by atoms with Crippen molar-refractivity contribution in [2.75, 3.05) is 0 Å². The van der Waals surface area contributed by atoms with E-state index in [2.05, 4.69) is 13.8 Å². The molecule has 0 aromatic heterocycles. The summed E-state index contributed by atoms with van der Waals surface area (Å²) in [5.74, 6) is -0.827. The van der Waals surface area contributed by atoms with Gasteiger partial charge < -0.3 is 10.0 Å². The predicted molar refractivity (Wildman–Crippen MR) is 63.5 cm³/mol. The van der Waals surface area contributed by atoms with Gasteiger partial charge >= 0.3 is 5.97 Å². The molecule has 0 unspecified atom stereocenters. The molecule has 2 aliphatic rings. The monoisotopic (exact) mass is 239 g/mol. The number of aliphatic carboxylic acids is 1. The minimum atomic E-state index is -0.932. The van der Waals surface area contributed by atoms with Gasteiger partial charge in [0.15, 0.2) is 0 Å². The van der Waals surface area contributed by atoms with E-state index in [4.69, 9.17) is 0 Å². The van der Waals surface area contributed by atoms with Gasteiger partial charge in [-0.05, 0) is 43.9 Å². The number of carbonyl (C=O) groups excluding carboxylic acids is 1.